The molecular weight excluding hydrogens is 336 g/mol. The Kier molecular flexibility index (Phi) is 5.53. The third-order valence-corrected chi connectivity index (χ3v) is 4.87. The summed E-state index contributed by atoms with van der Waals surface area (Å²) in [5.74, 6) is -1.73. The van der Waals surface area contributed by atoms with Crippen LogP contribution in [0.25, 0.3) is 0 Å². The summed E-state index contributed by atoms with van der Waals surface area (Å²) in [6.07, 6.45) is 9.76. The molecule has 0 spiro atoms. The van der Waals surface area contributed by atoms with Crippen molar-refractivity contribution in [2.24, 2.45) is 11.8 Å². The second-order valence-corrected chi connectivity index (χ2v) is 6.63. The first-order valence-corrected chi connectivity index (χ1v) is 8.30. The standard InChI is InChI=1S/C18H25N4O4/c1-13(17(5,25-15(3)23)21-9-7-19-11-21)14(2)18(6,26-16(4)24)22-10-8-20-12-22/h7-14H,1H2,2-6H3. The first-order valence-electron chi connectivity index (χ1n) is 8.30. The summed E-state index contributed by atoms with van der Waals surface area (Å²) in [4.78, 5) is 31.6. The average Bonchev–Trinajstić information content (AvgIpc) is 3.24. The number of aromatic nitrogens is 4. The monoisotopic (exact) mass is 361 g/mol. The summed E-state index contributed by atoms with van der Waals surface area (Å²) < 4.78 is 14.7. The van der Waals surface area contributed by atoms with Gasteiger partial charge in [-0.05, 0) is 20.8 Å². The van der Waals surface area contributed by atoms with E-state index in [1.54, 1.807) is 60.4 Å². The smallest absolute Gasteiger partial charge is 0.304 e. The van der Waals surface area contributed by atoms with Gasteiger partial charge in [-0.2, -0.15) is 0 Å². The summed E-state index contributed by atoms with van der Waals surface area (Å²) >= 11 is 0. The van der Waals surface area contributed by atoms with Crippen LogP contribution in [0.1, 0.15) is 34.6 Å². The Labute approximate surface area is 153 Å². The molecule has 141 valence electrons. The van der Waals surface area contributed by atoms with Crippen LogP contribution in [0.2, 0.25) is 0 Å². The highest BCUT2D eigenvalue weighted by Gasteiger charge is 2.48. The molecule has 2 rings (SSSR count). The highest BCUT2D eigenvalue weighted by Crippen LogP contribution is 2.41. The summed E-state index contributed by atoms with van der Waals surface area (Å²) in [6.45, 7) is 12.4. The van der Waals surface area contributed by atoms with Gasteiger partial charge < -0.3 is 9.47 Å². The zero-order chi connectivity index (χ0) is 19.5. The van der Waals surface area contributed by atoms with Crippen molar-refractivity contribution in [1.82, 2.24) is 19.1 Å². The van der Waals surface area contributed by atoms with Crippen molar-refractivity contribution >= 4 is 11.9 Å². The van der Waals surface area contributed by atoms with Crippen LogP contribution < -0.4 is 0 Å². The van der Waals surface area contributed by atoms with Crippen LogP contribution in [-0.4, -0.2) is 31.0 Å². The number of carbonyl (C=O) groups excluding carboxylic acids is 2. The van der Waals surface area contributed by atoms with Gasteiger partial charge in [-0.15, -0.1) is 0 Å². The Morgan fingerprint density at radius 1 is 0.962 bits per heavy atom. The van der Waals surface area contributed by atoms with E-state index in [0.717, 1.165) is 0 Å². The molecule has 0 saturated heterocycles. The number of carbonyl (C=O) groups is 2. The zero-order valence-corrected chi connectivity index (χ0v) is 15.7. The van der Waals surface area contributed by atoms with Crippen LogP contribution in [0.15, 0.2) is 37.4 Å². The fraction of sp³-hybridized carbons (Fsp3) is 0.500. The van der Waals surface area contributed by atoms with E-state index in [9.17, 15) is 9.59 Å². The SMILES string of the molecule is [CH2]C(C(C)C(C)(OC(C)=O)n1ccnc1)C(C)(OC(C)=O)n1ccnc1. The molecule has 8 nitrogen and oxygen atoms in total. The highest BCUT2D eigenvalue weighted by molar-refractivity contribution is 5.66. The Hall–Kier alpha value is -2.64. The quantitative estimate of drug-likeness (QED) is 0.703. The number of hydrogen-bond acceptors (Lipinski definition) is 6. The van der Waals surface area contributed by atoms with Gasteiger partial charge in [0.1, 0.15) is 0 Å². The second kappa shape index (κ2) is 7.31. The summed E-state index contributed by atoms with van der Waals surface area (Å²) in [6, 6.07) is 0. The van der Waals surface area contributed by atoms with Gasteiger partial charge in [0.2, 0.25) is 0 Å². The van der Waals surface area contributed by atoms with E-state index in [4.69, 9.17) is 9.47 Å². The van der Waals surface area contributed by atoms with Crippen molar-refractivity contribution < 1.29 is 19.1 Å². The van der Waals surface area contributed by atoms with E-state index in [-0.39, 0.29) is 5.92 Å². The Morgan fingerprint density at radius 3 is 1.77 bits per heavy atom. The number of rotatable bonds is 7. The Morgan fingerprint density at radius 2 is 1.38 bits per heavy atom. The van der Waals surface area contributed by atoms with Crippen LogP contribution in [0.3, 0.4) is 0 Å². The largest absolute Gasteiger partial charge is 0.439 e. The molecule has 0 saturated carbocycles. The van der Waals surface area contributed by atoms with Gasteiger partial charge in [-0.1, -0.05) is 6.92 Å². The first kappa shape index (κ1) is 19.7. The lowest BCUT2D eigenvalue weighted by Gasteiger charge is -2.45. The molecule has 26 heavy (non-hydrogen) atoms. The topological polar surface area (TPSA) is 88.2 Å². The van der Waals surface area contributed by atoms with Gasteiger partial charge in [0, 0.05) is 50.5 Å². The number of esters is 2. The van der Waals surface area contributed by atoms with E-state index < -0.39 is 29.3 Å². The fourth-order valence-corrected chi connectivity index (χ4v) is 3.16. The minimum Gasteiger partial charge on any atom is -0.439 e. The normalized spacial score (nSPS) is 18.2. The summed E-state index contributed by atoms with van der Waals surface area (Å²) in [7, 11) is 0. The second-order valence-electron chi connectivity index (χ2n) is 6.63. The highest BCUT2D eigenvalue weighted by atomic mass is 16.6. The van der Waals surface area contributed by atoms with E-state index in [0.29, 0.717) is 0 Å². The molecular formula is C18H25N4O4. The molecule has 0 aliphatic heterocycles. The maximum atomic E-state index is 11.8. The summed E-state index contributed by atoms with van der Waals surface area (Å²) in [5.41, 5.74) is -2.19. The molecule has 8 heteroatoms. The molecule has 0 bridgehead atoms. The minimum absolute atomic E-state index is 0.354. The third-order valence-electron chi connectivity index (χ3n) is 4.87. The Balaban J connectivity index is 2.47. The molecule has 0 fully saturated rings. The predicted molar refractivity (Wildman–Crippen MR) is 93.3 cm³/mol. The van der Waals surface area contributed by atoms with Crippen LogP contribution in [-0.2, 0) is 30.5 Å². The number of nitrogens with zero attached hydrogens (tertiary/aromatic N) is 4. The number of hydrogen-bond donors (Lipinski definition) is 0. The van der Waals surface area contributed by atoms with E-state index in [1.807, 2.05) is 6.92 Å². The zero-order valence-electron chi connectivity index (χ0n) is 15.7. The van der Waals surface area contributed by atoms with Crippen molar-refractivity contribution in [3.8, 4) is 0 Å². The molecule has 0 aliphatic rings. The first-order chi connectivity index (χ1) is 12.1. The lowest BCUT2D eigenvalue weighted by molar-refractivity contribution is -0.204. The minimum atomic E-state index is -1.12. The van der Waals surface area contributed by atoms with E-state index >= 15 is 0 Å². The average molecular weight is 361 g/mol. The molecule has 4 unspecified atom stereocenters. The lowest BCUT2D eigenvalue weighted by Crippen LogP contribution is -2.51. The molecule has 2 aromatic heterocycles. The van der Waals surface area contributed by atoms with Gasteiger partial charge in [0.25, 0.3) is 0 Å². The van der Waals surface area contributed by atoms with Crippen LogP contribution >= 0.6 is 0 Å². The van der Waals surface area contributed by atoms with Crippen molar-refractivity contribution in [3.63, 3.8) is 0 Å². The third kappa shape index (κ3) is 3.63. The number of ether oxygens (including phenoxy) is 2. The van der Waals surface area contributed by atoms with Gasteiger partial charge in [-0.25, -0.2) is 9.97 Å². The van der Waals surface area contributed by atoms with Crippen LogP contribution in [0, 0.1) is 18.8 Å². The van der Waals surface area contributed by atoms with Gasteiger partial charge in [0.05, 0.1) is 12.7 Å². The molecule has 2 heterocycles. The predicted octanol–water partition coefficient (Wildman–Crippen LogP) is 2.34. The summed E-state index contributed by atoms with van der Waals surface area (Å²) in [5, 5.41) is 0. The maximum Gasteiger partial charge on any atom is 0.304 e. The van der Waals surface area contributed by atoms with Crippen LogP contribution in [0.4, 0.5) is 0 Å². The van der Waals surface area contributed by atoms with Gasteiger partial charge in [0.15, 0.2) is 11.4 Å². The molecule has 4 atom stereocenters. The van der Waals surface area contributed by atoms with Crippen molar-refractivity contribution in [3.05, 3.63) is 44.4 Å². The van der Waals surface area contributed by atoms with Gasteiger partial charge >= 0.3 is 11.9 Å². The van der Waals surface area contributed by atoms with Crippen molar-refractivity contribution in [1.29, 1.82) is 0 Å². The molecule has 2 aromatic rings. The fourth-order valence-electron chi connectivity index (χ4n) is 3.16. The Bertz CT molecular complexity index is 679. The van der Waals surface area contributed by atoms with Crippen molar-refractivity contribution in [2.75, 3.05) is 0 Å². The van der Waals surface area contributed by atoms with Crippen LogP contribution in [0.5, 0.6) is 0 Å². The van der Waals surface area contributed by atoms with Crippen molar-refractivity contribution in [2.45, 2.75) is 46.1 Å². The van der Waals surface area contributed by atoms with E-state index in [1.165, 1.54) is 13.8 Å². The molecule has 0 aromatic carbocycles. The van der Waals surface area contributed by atoms with E-state index in [2.05, 4.69) is 16.9 Å². The lowest BCUT2D eigenvalue weighted by atomic mass is 9.80. The van der Waals surface area contributed by atoms with Gasteiger partial charge in [-0.3, -0.25) is 18.7 Å². The molecule has 0 amide bonds. The molecule has 0 aliphatic carbocycles. The maximum absolute atomic E-state index is 11.8. The molecule has 0 N–H and O–H groups in total. The molecule has 1 radical (unpaired) electrons. The number of imidazole rings is 2.